The smallest absolute Gasteiger partial charge is 0.0516 e. The van der Waals surface area contributed by atoms with Gasteiger partial charge in [-0.25, -0.2) is 0 Å². The van der Waals surface area contributed by atoms with Crippen LogP contribution in [0.2, 0.25) is 0 Å². The molecule has 0 radical (unpaired) electrons. The summed E-state index contributed by atoms with van der Waals surface area (Å²) in [5.41, 5.74) is 6.10. The Morgan fingerprint density at radius 3 is 3.07 bits per heavy atom. The molecule has 0 bridgehead atoms. The summed E-state index contributed by atoms with van der Waals surface area (Å²) >= 11 is 1.75. The molecule has 0 saturated heterocycles. The summed E-state index contributed by atoms with van der Waals surface area (Å²) in [4.78, 5) is 1.29. The highest BCUT2D eigenvalue weighted by molar-refractivity contribution is 7.10. The minimum atomic E-state index is 0.168. The van der Waals surface area contributed by atoms with Crippen molar-refractivity contribution < 1.29 is 0 Å². The molecule has 2 rings (SSSR count). The van der Waals surface area contributed by atoms with Gasteiger partial charge in [0.05, 0.1) is 6.04 Å². The molecule has 3 N–H and O–H groups in total. The van der Waals surface area contributed by atoms with Crippen LogP contribution in [0.15, 0.2) is 17.5 Å². The molecule has 1 aromatic heterocycles. The van der Waals surface area contributed by atoms with Crippen molar-refractivity contribution in [2.24, 2.45) is 11.7 Å². The molecule has 1 heterocycles. The van der Waals surface area contributed by atoms with Crippen LogP contribution < -0.4 is 11.1 Å². The van der Waals surface area contributed by atoms with Gasteiger partial charge in [0.2, 0.25) is 0 Å². The largest absolute Gasteiger partial charge is 0.322 e. The van der Waals surface area contributed by atoms with Crippen molar-refractivity contribution in [2.75, 3.05) is 6.54 Å². The maximum Gasteiger partial charge on any atom is 0.0516 e. The lowest BCUT2D eigenvalue weighted by Gasteiger charge is -2.16. The molecule has 2 nitrogen and oxygen atoms in total. The zero-order chi connectivity index (χ0) is 10.7. The Balaban J connectivity index is 1.74. The molecule has 84 valence electrons. The summed E-state index contributed by atoms with van der Waals surface area (Å²) in [6.45, 7) is 3.25. The van der Waals surface area contributed by atoms with Crippen LogP contribution in [0.4, 0.5) is 0 Å². The summed E-state index contributed by atoms with van der Waals surface area (Å²) in [6.07, 6.45) is 4.00. The number of nitrogens with one attached hydrogen (secondary N) is 1. The second kappa shape index (κ2) is 5.10. The molecule has 1 fully saturated rings. The van der Waals surface area contributed by atoms with Crippen LogP contribution >= 0.6 is 11.3 Å². The quantitative estimate of drug-likeness (QED) is 0.825. The first-order chi connectivity index (χ1) is 7.25. The van der Waals surface area contributed by atoms with E-state index in [1.165, 1.54) is 24.1 Å². The predicted molar refractivity (Wildman–Crippen MR) is 66.1 cm³/mol. The molecule has 3 atom stereocenters. The lowest BCUT2D eigenvalue weighted by molar-refractivity contribution is 0.480. The van der Waals surface area contributed by atoms with Crippen LogP contribution in [0.3, 0.4) is 0 Å². The van der Waals surface area contributed by atoms with Gasteiger partial charge in [-0.15, -0.1) is 11.3 Å². The molecular weight excluding hydrogens is 204 g/mol. The van der Waals surface area contributed by atoms with Gasteiger partial charge in [-0.3, -0.25) is 0 Å². The lowest BCUT2D eigenvalue weighted by Crippen LogP contribution is -2.33. The van der Waals surface area contributed by atoms with Crippen LogP contribution in [-0.4, -0.2) is 12.6 Å². The normalized spacial score (nSPS) is 28.1. The van der Waals surface area contributed by atoms with Crippen LogP contribution in [0.1, 0.15) is 37.1 Å². The van der Waals surface area contributed by atoms with Gasteiger partial charge in [0.25, 0.3) is 0 Å². The van der Waals surface area contributed by atoms with E-state index in [1.807, 2.05) is 0 Å². The number of hydrogen-bond acceptors (Lipinski definition) is 3. The van der Waals surface area contributed by atoms with Gasteiger partial charge < -0.3 is 11.1 Å². The van der Waals surface area contributed by atoms with Gasteiger partial charge in [-0.05, 0) is 36.6 Å². The third-order valence-corrected chi connectivity index (χ3v) is 4.23. The Kier molecular flexibility index (Phi) is 3.78. The molecule has 1 aliphatic carbocycles. The maximum atomic E-state index is 6.10. The molecule has 15 heavy (non-hydrogen) atoms. The third kappa shape index (κ3) is 3.03. The Bertz CT molecular complexity index is 284. The zero-order valence-corrected chi connectivity index (χ0v) is 10.1. The number of thiophene rings is 1. The molecule has 3 unspecified atom stereocenters. The third-order valence-electron chi connectivity index (χ3n) is 3.23. The van der Waals surface area contributed by atoms with Gasteiger partial charge in [0, 0.05) is 17.5 Å². The molecule has 0 amide bonds. The Labute approximate surface area is 95.9 Å². The van der Waals surface area contributed by atoms with Gasteiger partial charge in [0.1, 0.15) is 0 Å². The highest BCUT2D eigenvalue weighted by Gasteiger charge is 2.21. The number of hydrogen-bond donors (Lipinski definition) is 2. The fourth-order valence-electron chi connectivity index (χ4n) is 2.29. The van der Waals surface area contributed by atoms with Crippen molar-refractivity contribution >= 4 is 11.3 Å². The van der Waals surface area contributed by atoms with Crippen molar-refractivity contribution in [3.63, 3.8) is 0 Å². The van der Waals surface area contributed by atoms with Crippen molar-refractivity contribution in [2.45, 2.75) is 38.3 Å². The van der Waals surface area contributed by atoms with Crippen molar-refractivity contribution in [3.8, 4) is 0 Å². The standard InChI is InChI=1S/C12H20N2S/c1-9-4-5-10(7-9)14-8-11(13)12-3-2-6-15-12/h2-3,6,9-11,14H,4-5,7-8,13H2,1H3. The molecule has 0 spiro atoms. The van der Waals surface area contributed by atoms with E-state index in [9.17, 15) is 0 Å². The maximum absolute atomic E-state index is 6.10. The van der Waals surface area contributed by atoms with E-state index in [4.69, 9.17) is 5.73 Å². The first kappa shape index (κ1) is 11.1. The SMILES string of the molecule is CC1CCC(NCC(N)c2cccs2)C1. The lowest BCUT2D eigenvalue weighted by atomic mass is 10.1. The predicted octanol–water partition coefficient (Wildman–Crippen LogP) is 2.53. The first-order valence-corrected chi connectivity index (χ1v) is 6.66. The summed E-state index contributed by atoms with van der Waals surface area (Å²) in [6, 6.07) is 5.05. The first-order valence-electron chi connectivity index (χ1n) is 5.78. The van der Waals surface area contributed by atoms with E-state index < -0.39 is 0 Å². The van der Waals surface area contributed by atoms with Crippen LogP contribution in [0, 0.1) is 5.92 Å². The minimum absolute atomic E-state index is 0.168. The van der Waals surface area contributed by atoms with E-state index in [-0.39, 0.29) is 6.04 Å². The highest BCUT2D eigenvalue weighted by atomic mass is 32.1. The van der Waals surface area contributed by atoms with E-state index >= 15 is 0 Å². The summed E-state index contributed by atoms with van der Waals surface area (Å²) in [5, 5.41) is 5.67. The van der Waals surface area contributed by atoms with Gasteiger partial charge >= 0.3 is 0 Å². The Morgan fingerprint density at radius 1 is 1.60 bits per heavy atom. The van der Waals surface area contributed by atoms with Crippen LogP contribution in [-0.2, 0) is 0 Å². The van der Waals surface area contributed by atoms with Crippen LogP contribution in [0.5, 0.6) is 0 Å². The molecule has 1 aromatic rings. The van der Waals surface area contributed by atoms with Gasteiger partial charge in [-0.1, -0.05) is 13.0 Å². The Hall–Kier alpha value is -0.380. The molecule has 1 aliphatic rings. The average Bonchev–Trinajstić information content (AvgIpc) is 2.84. The summed E-state index contributed by atoms with van der Waals surface area (Å²) < 4.78 is 0. The molecule has 0 aromatic carbocycles. The van der Waals surface area contributed by atoms with E-state index in [0.717, 1.165) is 12.5 Å². The van der Waals surface area contributed by atoms with Crippen molar-refractivity contribution in [3.05, 3.63) is 22.4 Å². The van der Waals surface area contributed by atoms with E-state index in [1.54, 1.807) is 11.3 Å². The van der Waals surface area contributed by atoms with E-state index in [0.29, 0.717) is 6.04 Å². The zero-order valence-electron chi connectivity index (χ0n) is 9.28. The minimum Gasteiger partial charge on any atom is -0.322 e. The monoisotopic (exact) mass is 224 g/mol. The molecular formula is C12H20N2S. The fourth-order valence-corrected chi connectivity index (χ4v) is 3.02. The second-order valence-corrected chi connectivity index (χ2v) is 5.62. The molecule has 3 heteroatoms. The summed E-state index contributed by atoms with van der Waals surface area (Å²) in [5.74, 6) is 0.889. The number of rotatable bonds is 4. The molecule has 0 aliphatic heterocycles. The summed E-state index contributed by atoms with van der Waals surface area (Å²) in [7, 11) is 0. The second-order valence-electron chi connectivity index (χ2n) is 4.65. The van der Waals surface area contributed by atoms with E-state index in [2.05, 4.69) is 29.8 Å². The van der Waals surface area contributed by atoms with Crippen molar-refractivity contribution in [1.82, 2.24) is 5.32 Å². The number of nitrogens with two attached hydrogens (primary N) is 1. The van der Waals surface area contributed by atoms with Gasteiger partial charge in [0.15, 0.2) is 0 Å². The van der Waals surface area contributed by atoms with Gasteiger partial charge in [-0.2, -0.15) is 0 Å². The Morgan fingerprint density at radius 2 is 2.47 bits per heavy atom. The fraction of sp³-hybridized carbons (Fsp3) is 0.667. The van der Waals surface area contributed by atoms with Crippen LogP contribution in [0.25, 0.3) is 0 Å². The average molecular weight is 224 g/mol. The van der Waals surface area contributed by atoms with Crippen molar-refractivity contribution in [1.29, 1.82) is 0 Å². The highest BCUT2D eigenvalue weighted by Crippen LogP contribution is 2.25. The molecule has 1 saturated carbocycles. The topological polar surface area (TPSA) is 38.0 Å².